The molecule has 0 spiro atoms. The van der Waals surface area contributed by atoms with E-state index in [4.69, 9.17) is 5.11 Å². The maximum Gasteiger partial charge on any atom is 0.305 e. The molecule has 2 heterocycles. The molecule has 1 aliphatic rings. The minimum atomic E-state index is -1.000. The van der Waals surface area contributed by atoms with Gasteiger partial charge >= 0.3 is 5.97 Å². The van der Waals surface area contributed by atoms with Crippen LogP contribution in [0.5, 0.6) is 0 Å². The van der Waals surface area contributed by atoms with E-state index < -0.39 is 11.2 Å². The van der Waals surface area contributed by atoms with Crippen molar-refractivity contribution < 1.29 is 14.7 Å². The van der Waals surface area contributed by atoms with E-state index in [1.807, 2.05) is 0 Å². The first-order chi connectivity index (χ1) is 8.15. The first kappa shape index (κ1) is 11.6. The van der Waals surface area contributed by atoms with Gasteiger partial charge in [0, 0.05) is 6.20 Å². The molecule has 0 radical (unpaired) electrons. The van der Waals surface area contributed by atoms with Crippen molar-refractivity contribution in [1.82, 2.24) is 10.3 Å². The number of nitrogens with zero attached hydrogens (tertiary/aromatic N) is 2. The monoisotopic (exact) mass is 251 g/mol. The van der Waals surface area contributed by atoms with Crippen LogP contribution in [-0.2, 0) is 9.59 Å². The van der Waals surface area contributed by atoms with Crippen molar-refractivity contribution in [1.29, 1.82) is 0 Å². The van der Waals surface area contributed by atoms with Crippen molar-refractivity contribution in [3.8, 4) is 0 Å². The molecule has 0 aromatic carbocycles. The molecule has 1 aromatic rings. The molecule has 1 aliphatic heterocycles. The molecule has 17 heavy (non-hydrogen) atoms. The highest BCUT2D eigenvalue weighted by atomic mass is 32.2. The molecule has 1 amide bonds. The Morgan fingerprint density at radius 1 is 1.65 bits per heavy atom. The zero-order valence-corrected chi connectivity index (χ0v) is 9.48. The van der Waals surface area contributed by atoms with E-state index in [1.54, 1.807) is 24.5 Å². The van der Waals surface area contributed by atoms with Gasteiger partial charge in [-0.1, -0.05) is 11.8 Å². The Balaban J connectivity index is 2.08. The third-order valence-electron chi connectivity index (χ3n) is 2.01. The molecule has 1 saturated heterocycles. The second kappa shape index (κ2) is 4.96. The highest BCUT2D eigenvalue weighted by Crippen LogP contribution is 2.24. The summed E-state index contributed by atoms with van der Waals surface area (Å²) in [6.07, 6.45) is 2.98. The van der Waals surface area contributed by atoms with E-state index in [0.717, 1.165) is 11.8 Å². The number of hydrogen-bond donors (Lipinski definition) is 2. The average molecular weight is 251 g/mol. The van der Waals surface area contributed by atoms with Crippen LogP contribution in [0, 0.1) is 0 Å². The Bertz CT molecular complexity index is 475. The molecular formula is C10H9N3O3S. The number of amidine groups is 1. The normalized spacial score (nSPS) is 21.5. The smallest absolute Gasteiger partial charge is 0.305 e. The molecular weight excluding hydrogens is 242 g/mol. The van der Waals surface area contributed by atoms with Crippen molar-refractivity contribution in [2.75, 3.05) is 0 Å². The van der Waals surface area contributed by atoms with E-state index in [-0.39, 0.29) is 12.3 Å². The quantitative estimate of drug-likeness (QED) is 0.828. The highest BCUT2D eigenvalue weighted by molar-refractivity contribution is 8.15. The zero-order chi connectivity index (χ0) is 12.3. The average Bonchev–Trinajstić information content (AvgIpc) is 2.59. The van der Waals surface area contributed by atoms with Crippen molar-refractivity contribution in [2.24, 2.45) is 4.99 Å². The summed E-state index contributed by atoms with van der Waals surface area (Å²) in [6, 6.07) is 3.48. The minimum absolute atomic E-state index is 0.206. The fourth-order valence-corrected chi connectivity index (χ4v) is 2.27. The summed E-state index contributed by atoms with van der Waals surface area (Å²) in [5.74, 6) is -1.32. The van der Waals surface area contributed by atoms with Crippen LogP contribution in [0.2, 0.25) is 0 Å². The van der Waals surface area contributed by atoms with Crippen LogP contribution in [0.1, 0.15) is 6.42 Å². The van der Waals surface area contributed by atoms with Crippen LogP contribution in [0.4, 0.5) is 5.69 Å². The molecule has 0 bridgehead atoms. The summed E-state index contributed by atoms with van der Waals surface area (Å²) < 4.78 is 0. The second-order valence-electron chi connectivity index (χ2n) is 3.32. The Labute approximate surface area is 101 Å². The third-order valence-corrected chi connectivity index (χ3v) is 3.09. The number of hydrogen-bond acceptors (Lipinski definition) is 5. The minimum Gasteiger partial charge on any atom is -0.481 e. The molecule has 0 saturated carbocycles. The van der Waals surface area contributed by atoms with Gasteiger partial charge in [0.25, 0.3) is 0 Å². The number of nitrogens with one attached hydrogen (secondary N) is 1. The third kappa shape index (κ3) is 3.04. The lowest BCUT2D eigenvalue weighted by molar-refractivity contribution is -0.138. The largest absolute Gasteiger partial charge is 0.481 e. The van der Waals surface area contributed by atoms with Crippen LogP contribution in [0.3, 0.4) is 0 Å². The molecule has 6 nitrogen and oxygen atoms in total. The standard InChI is InChI=1S/C10H9N3O3S/c14-8(15)4-7-9(16)13-10(17-7)12-6-2-1-3-11-5-6/h1-3,5,7H,4H2,(H,14,15)(H,12,13,16). The number of aliphatic carboxylic acids is 1. The Hall–Kier alpha value is -1.89. The van der Waals surface area contributed by atoms with Crippen LogP contribution >= 0.6 is 11.8 Å². The predicted molar refractivity (Wildman–Crippen MR) is 63.1 cm³/mol. The first-order valence-corrected chi connectivity index (χ1v) is 5.71. The van der Waals surface area contributed by atoms with Gasteiger partial charge in [0.2, 0.25) is 5.91 Å². The maximum atomic E-state index is 11.4. The van der Waals surface area contributed by atoms with Crippen molar-refractivity contribution in [3.05, 3.63) is 24.5 Å². The topological polar surface area (TPSA) is 91.7 Å². The number of amides is 1. The first-order valence-electron chi connectivity index (χ1n) is 4.83. The van der Waals surface area contributed by atoms with Gasteiger partial charge in [-0.05, 0) is 12.1 Å². The van der Waals surface area contributed by atoms with E-state index in [2.05, 4.69) is 15.3 Å². The van der Waals surface area contributed by atoms with Crippen LogP contribution in [-0.4, -0.2) is 32.4 Å². The number of aliphatic imine (C=N–C) groups is 1. The van der Waals surface area contributed by atoms with Crippen molar-refractivity contribution >= 4 is 34.5 Å². The fourth-order valence-electron chi connectivity index (χ4n) is 1.29. The summed E-state index contributed by atoms with van der Waals surface area (Å²) in [5.41, 5.74) is 0.617. The molecule has 2 rings (SSSR count). The van der Waals surface area contributed by atoms with Gasteiger partial charge in [-0.2, -0.15) is 0 Å². The fraction of sp³-hybridized carbons (Fsp3) is 0.200. The van der Waals surface area contributed by atoms with E-state index in [1.165, 1.54) is 0 Å². The van der Waals surface area contributed by atoms with Gasteiger partial charge in [-0.3, -0.25) is 14.6 Å². The molecule has 0 aliphatic carbocycles. The van der Waals surface area contributed by atoms with E-state index >= 15 is 0 Å². The number of thioether (sulfide) groups is 1. The Morgan fingerprint density at radius 2 is 2.47 bits per heavy atom. The number of pyridine rings is 1. The summed E-state index contributed by atoms with van der Waals surface area (Å²) in [4.78, 5) is 30.0. The maximum absolute atomic E-state index is 11.4. The lowest BCUT2D eigenvalue weighted by Crippen LogP contribution is -2.26. The molecule has 88 valence electrons. The molecule has 1 atom stereocenters. The van der Waals surface area contributed by atoms with Gasteiger partial charge in [-0.15, -0.1) is 0 Å². The van der Waals surface area contributed by atoms with Gasteiger partial charge in [0.05, 0.1) is 18.3 Å². The van der Waals surface area contributed by atoms with Crippen LogP contribution in [0.15, 0.2) is 29.5 Å². The SMILES string of the molecule is O=C(O)CC1SC(=Nc2cccnc2)NC1=O. The molecule has 1 unspecified atom stereocenters. The van der Waals surface area contributed by atoms with E-state index in [9.17, 15) is 9.59 Å². The number of carbonyl (C=O) groups excluding carboxylic acids is 1. The Kier molecular flexibility index (Phi) is 3.38. The highest BCUT2D eigenvalue weighted by Gasteiger charge is 2.31. The van der Waals surface area contributed by atoms with Gasteiger partial charge in [-0.25, -0.2) is 4.99 Å². The molecule has 1 aromatic heterocycles. The molecule has 2 N–H and O–H groups in total. The number of aromatic nitrogens is 1. The molecule has 1 fully saturated rings. The Morgan fingerprint density at radius 3 is 3.12 bits per heavy atom. The predicted octanol–water partition coefficient (Wildman–Crippen LogP) is 0.775. The number of rotatable bonds is 3. The van der Waals surface area contributed by atoms with Crippen LogP contribution in [0.25, 0.3) is 0 Å². The number of carbonyl (C=O) groups is 2. The van der Waals surface area contributed by atoms with Crippen LogP contribution < -0.4 is 5.32 Å². The number of carboxylic acid groups (broad SMARTS) is 1. The van der Waals surface area contributed by atoms with Crippen molar-refractivity contribution in [2.45, 2.75) is 11.7 Å². The van der Waals surface area contributed by atoms with Gasteiger partial charge in [0.15, 0.2) is 5.17 Å². The molecule has 7 heteroatoms. The van der Waals surface area contributed by atoms with Gasteiger partial charge < -0.3 is 10.4 Å². The summed E-state index contributed by atoms with van der Waals surface area (Å²) in [5, 5.41) is 11.0. The second-order valence-corrected chi connectivity index (χ2v) is 4.51. The van der Waals surface area contributed by atoms with E-state index in [0.29, 0.717) is 10.9 Å². The lowest BCUT2D eigenvalue weighted by atomic mass is 10.3. The summed E-state index contributed by atoms with van der Waals surface area (Å²) >= 11 is 1.12. The van der Waals surface area contributed by atoms with Gasteiger partial charge in [0.1, 0.15) is 5.25 Å². The summed E-state index contributed by atoms with van der Waals surface area (Å²) in [7, 11) is 0. The number of carboxylic acids is 1. The summed E-state index contributed by atoms with van der Waals surface area (Å²) in [6.45, 7) is 0. The van der Waals surface area contributed by atoms with Crippen molar-refractivity contribution in [3.63, 3.8) is 0 Å². The lowest BCUT2D eigenvalue weighted by Gasteiger charge is -1.98. The zero-order valence-electron chi connectivity index (χ0n) is 8.66.